The van der Waals surface area contributed by atoms with E-state index in [0.717, 1.165) is 0 Å². The number of carbonyl (C=O) groups excluding carboxylic acids is 4. The SMILES string of the molecule is N[C@@H](Cc1cnc[nH]1)C(=O)OC(=O)C(=O)C(O)C(O)OC(=O)[C@@H](N)Cc1cnc[nH]1. The van der Waals surface area contributed by atoms with E-state index >= 15 is 0 Å². The average Bonchev–Trinajstić information content (AvgIpc) is 3.40. The van der Waals surface area contributed by atoms with Gasteiger partial charge in [0.1, 0.15) is 12.1 Å². The fourth-order valence-corrected chi connectivity index (χ4v) is 2.17. The summed E-state index contributed by atoms with van der Waals surface area (Å²) in [5, 5.41) is 19.4. The molecule has 14 nitrogen and oxygen atoms in total. The molecule has 0 fully saturated rings. The minimum Gasteiger partial charge on any atom is -0.431 e. The lowest BCUT2D eigenvalue weighted by atomic mass is 10.1. The third-order valence-electron chi connectivity index (χ3n) is 3.76. The average molecular weight is 424 g/mol. The van der Waals surface area contributed by atoms with E-state index in [2.05, 4.69) is 29.4 Å². The lowest BCUT2D eigenvalue weighted by molar-refractivity contribution is -0.193. The minimum absolute atomic E-state index is 0.0274. The van der Waals surface area contributed by atoms with Crippen LogP contribution >= 0.6 is 0 Å². The van der Waals surface area contributed by atoms with Gasteiger partial charge in [-0.15, -0.1) is 0 Å². The molecule has 0 radical (unpaired) electrons. The molecule has 4 atom stereocenters. The Balaban J connectivity index is 1.82. The molecule has 0 spiro atoms. The Morgan fingerprint density at radius 1 is 0.933 bits per heavy atom. The van der Waals surface area contributed by atoms with E-state index in [1.807, 2.05) is 0 Å². The van der Waals surface area contributed by atoms with Gasteiger partial charge < -0.3 is 41.1 Å². The van der Waals surface area contributed by atoms with E-state index in [4.69, 9.17) is 11.5 Å². The molecule has 0 saturated heterocycles. The molecule has 0 aromatic carbocycles. The van der Waals surface area contributed by atoms with Crippen molar-refractivity contribution in [1.82, 2.24) is 19.9 Å². The number of nitrogens with two attached hydrogens (primary N) is 2. The van der Waals surface area contributed by atoms with Crippen molar-refractivity contribution < 1.29 is 38.9 Å². The maximum absolute atomic E-state index is 11.8. The molecule has 2 unspecified atom stereocenters. The molecule has 2 aromatic heterocycles. The number of nitrogens with zero attached hydrogens (tertiary/aromatic N) is 2. The molecular weight excluding hydrogens is 404 g/mol. The van der Waals surface area contributed by atoms with Gasteiger partial charge in [0.2, 0.25) is 6.29 Å². The number of Topliss-reactive ketones (excluding diaryl/α,β-unsaturated/α-hetero) is 1. The van der Waals surface area contributed by atoms with Gasteiger partial charge in [0, 0.05) is 36.6 Å². The highest BCUT2D eigenvalue weighted by atomic mass is 16.6. The zero-order valence-electron chi connectivity index (χ0n) is 15.4. The molecule has 0 amide bonds. The second kappa shape index (κ2) is 10.4. The zero-order valence-corrected chi connectivity index (χ0v) is 15.4. The first-order valence-electron chi connectivity index (χ1n) is 8.51. The van der Waals surface area contributed by atoms with Crippen LogP contribution in [0.4, 0.5) is 0 Å². The van der Waals surface area contributed by atoms with E-state index in [0.29, 0.717) is 11.4 Å². The Morgan fingerprint density at radius 3 is 1.90 bits per heavy atom. The van der Waals surface area contributed by atoms with Crippen molar-refractivity contribution in [1.29, 1.82) is 0 Å². The fourth-order valence-electron chi connectivity index (χ4n) is 2.17. The van der Waals surface area contributed by atoms with Gasteiger partial charge in [-0.2, -0.15) is 0 Å². The number of aliphatic hydroxyl groups is 2. The molecule has 0 aliphatic heterocycles. The molecular formula is C16H20N6O8. The van der Waals surface area contributed by atoms with Crippen LogP contribution in [0.25, 0.3) is 0 Å². The number of imidazole rings is 2. The van der Waals surface area contributed by atoms with E-state index < -0.39 is 48.2 Å². The van der Waals surface area contributed by atoms with Gasteiger partial charge in [0.05, 0.1) is 12.7 Å². The number of aliphatic hydroxyl groups excluding tert-OH is 2. The summed E-state index contributed by atoms with van der Waals surface area (Å²) >= 11 is 0. The van der Waals surface area contributed by atoms with Crippen LogP contribution in [0, 0.1) is 0 Å². The van der Waals surface area contributed by atoms with E-state index in [1.165, 1.54) is 25.0 Å². The van der Waals surface area contributed by atoms with Crippen LogP contribution < -0.4 is 11.5 Å². The molecule has 2 heterocycles. The maximum atomic E-state index is 11.8. The highest BCUT2D eigenvalue weighted by Gasteiger charge is 2.36. The summed E-state index contributed by atoms with van der Waals surface area (Å²) in [5.74, 6) is -5.91. The lowest BCUT2D eigenvalue weighted by Crippen LogP contribution is -2.46. The van der Waals surface area contributed by atoms with Crippen molar-refractivity contribution in [3.63, 3.8) is 0 Å². The number of ketones is 1. The highest BCUT2D eigenvalue weighted by molar-refractivity contribution is 6.37. The molecule has 14 heteroatoms. The summed E-state index contributed by atoms with van der Waals surface area (Å²) in [5.41, 5.74) is 12.1. The van der Waals surface area contributed by atoms with Gasteiger partial charge in [-0.1, -0.05) is 0 Å². The van der Waals surface area contributed by atoms with Crippen molar-refractivity contribution >= 4 is 23.7 Å². The predicted octanol–water partition coefficient (Wildman–Crippen LogP) is -3.57. The summed E-state index contributed by atoms with van der Waals surface area (Å²) in [4.78, 5) is 60.0. The third kappa shape index (κ3) is 6.28. The van der Waals surface area contributed by atoms with Crippen molar-refractivity contribution in [2.75, 3.05) is 0 Å². The van der Waals surface area contributed by atoms with Crippen LogP contribution in [0.1, 0.15) is 11.4 Å². The third-order valence-corrected chi connectivity index (χ3v) is 3.76. The Labute approximate surface area is 168 Å². The van der Waals surface area contributed by atoms with Gasteiger partial charge in [-0.05, 0) is 0 Å². The van der Waals surface area contributed by atoms with Gasteiger partial charge in [0.15, 0.2) is 6.10 Å². The number of carbonyl (C=O) groups is 4. The van der Waals surface area contributed by atoms with Crippen LogP contribution in [0.5, 0.6) is 0 Å². The van der Waals surface area contributed by atoms with E-state index in [-0.39, 0.29) is 12.8 Å². The molecule has 162 valence electrons. The minimum atomic E-state index is -2.50. The van der Waals surface area contributed by atoms with Crippen molar-refractivity contribution in [3.8, 4) is 0 Å². The molecule has 2 rings (SSSR count). The molecule has 0 bridgehead atoms. The van der Waals surface area contributed by atoms with Gasteiger partial charge >= 0.3 is 17.9 Å². The quantitative estimate of drug-likeness (QED) is 0.0940. The number of esters is 3. The first kappa shape index (κ1) is 22.8. The Hall–Kier alpha value is -3.46. The fraction of sp³-hybridized carbons (Fsp3) is 0.375. The van der Waals surface area contributed by atoms with E-state index in [1.54, 1.807) is 0 Å². The maximum Gasteiger partial charge on any atom is 0.385 e. The highest BCUT2D eigenvalue weighted by Crippen LogP contribution is 2.05. The standard InChI is InChI=1S/C16H20N6O8/c17-9(1-7-3-19-5-21-7)13(25)29-15(27)11(23)12(24)16(28)30-14(26)10(18)2-8-4-20-6-22-8/h3-6,9-11,15,23,27H,1-2,17-18H2,(H,19,21)(H,20,22)/t9-,10-,11?,15?/m0/s1. The van der Waals surface area contributed by atoms with Crippen molar-refractivity contribution in [2.24, 2.45) is 11.5 Å². The number of rotatable bonds is 10. The molecule has 8 N–H and O–H groups in total. The summed E-state index contributed by atoms with van der Waals surface area (Å²) in [7, 11) is 0. The Kier molecular flexibility index (Phi) is 7.88. The number of ether oxygens (including phenoxy) is 2. The van der Waals surface area contributed by atoms with Crippen molar-refractivity contribution in [2.45, 2.75) is 37.3 Å². The predicted molar refractivity (Wildman–Crippen MR) is 94.7 cm³/mol. The molecule has 0 aliphatic rings. The second-order valence-corrected chi connectivity index (χ2v) is 6.12. The Bertz CT molecular complexity index is 868. The lowest BCUT2D eigenvalue weighted by Gasteiger charge is -2.18. The van der Waals surface area contributed by atoms with Crippen LogP contribution in [0.15, 0.2) is 25.0 Å². The van der Waals surface area contributed by atoms with Crippen molar-refractivity contribution in [3.05, 3.63) is 36.4 Å². The number of hydrogen-bond donors (Lipinski definition) is 6. The second-order valence-electron chi connectivity index (χ2n) is 6.12. The molecule has 30 heavy (non-hydrogen) atoms. The number of hydrogen-bond acceptors (Lipinski definition) is 12. The number of nitrogens with one attached hydrogen (secondary N) is 2. The number of aromatic nitrogens is 4. The summed E-state index contributed by atoms with van der Waals surface area (Å²) in [6, 6.07) is -2.56. The molecule has 0 saturated carbocycles. The van der Waals surface area contributed by atoms with Crippen LogP contribution in [0.3, 0.4) is 0 Å². The van der Waals surface area contributed by atoms with Gasteiger partial charge in [-0.25, -0.2) is 19.6 Å². The smallest absolute Gasteiger partial charge is 0.385 e. The first-order valence-corrected chi connectivity index (χ1v) is 8.51. The number of H-pyrrole nitrogens is 2. The molecule has 0 aliphatic carbocycles. The van der Waals surface area contributed by atoms with E-state index in [9.17, 15) is 29.4 Å². The number of aromatic amines is 2. The topological polar surface area (TPSA) is 237 Å². The van der Waals surface area contributed by atoms with Crippen LogP contribution in [0.2, 0.25) is 0 Å². The summed E-state index contributed by atoms with van der Waals surface area (Å²) < 4.78 is 8.76. The van der Waals surface area contributed by atoms with Gasteiger partial charge in [-0.3, -0.25) is 9.59 Å². The van der Waals surface area contributed by atoms with Crippen LogP contribution in [-0.4, -0.2) is 78.3 Å². The summed E-state index contributed by atoms with van der Waals surface area (Å²) in [6.07, 6.45) is 0.507. The Morgan fingerprint density at radius 2 is 1.43 bits per heavy atom. The zero-order chi connectivity index (χ0) is 22.3. The van der Waals surface area contributed by atoms with Gasteiger partial charge in [0.25, 0.3) is 5.78 Å². The van der Waals surface area contributed by atoms with Crippen LogP contribution in [-0.2, 0) is 41.5 Å². The largest absolute Gasteiger partial charge is 0.431 e. The first-order chi connectivity index (χ1) is 14.2. The summed E-state index contributed by atoms with van der Waals surface area (Å²) in [6.45, 7) is 0. The monoisotopic (exact) mass is 424 g/mol. The normalized spacial score (nSPS) is 14.9. The molecule has 2 aromatic rings.